The molecule has 0 saturated carbocycles. The number of carbonyl (C=O) groups is 1. The summed E-state index contributed by atoms with van der Waals surface area (Å²) in [7, 11) is 0. The summed E-state index contributed by atoms with van der Waals surface area (Å²) in [5, 5.41) is 2.98. The van der Waals surface area contributed by atoms with Crippen LogP contribution in [-0.4, -0.2) is 24.9 Å². The predicted octanol–water partition coefficient (Wildman–Crippen LogP) is 4.69. The summed E-state index contributed by atoms with van der Waals surface area (Å²) in [5.74, 6) is 2.09. The third kappa shape index (κ3) is 5.56. The molecule has 1 amide bonds. The highest BCUT2D eigenvalue weighted by molar-refractivity contribution is 7.99. The van der Waals surface area contributed by atoms with Crippen molar-refractivity contribution in [3.8, 4) is 11.5 Å². The van der Waals surface area contributed by atoms with Gasteiger partial charge in [0.15, 0.2) is 11.5 Å². The van der Waals surface area contributed by atoms with E-state index in [4.69, 9.17) is 9.47 Å². The Morgan fingerprint density at radius 3 is 2.58 bits per heavy atom. The molecule has 26 heavy (non-hydrogen) atoms. The van der Waals surface area contributed by atoms with E-state index in [-0.39, 0.29) is 5.91 Å². The highest BCUT2D eigenvalue weighted by atomic mass is 32.2. The average Bonchev–Trinajstić information content (AvgIpc) is 2.67. The molecule has 138 valence electrons. The lowest BCUT2D eigenvalue weighted by atomic mass is 10.1. The van der Waals surface area contributed by atoms with E-state index < -0.39 is 0 Å². The maximum Gasteiger partial charge on any atom is 0.252 e. The summed E-state index contributed by atoms with van der Waals surface area (Å²) in [4.78, 5) is 13.5. The van der Waals surface area contributed by atoms with E-state index in [9.17, 15) is 4.79 Å². The van der Waals surface area contributed by atoms with Gasteiger partial charge in [0.2, 0.25) is 0 Å². The van der Waals surface area contributed by atoms with Gasteiger partial charge in [-0.25, -0.2) is 0 Å². The largest absolute Gasteiger partial charge is 0.490 e. The van der Waals surface area contributed by atoms with Crippen LogP contribution in [0.3, 0.4) is 0 Å². The first kappa shape index (κ1) is 19.9. The van der Waals surface area contributed by atoms with Gasteiger partial charge in [0.25, 0.3) is 5.91 Å². The van der Waals surface area contributed by atoms with Gasteiger partial charge in [0.1, 0.15) is 0 Å². The summed E-state index contributed by atoms with van der Waals surface area (Å²) in [6, 6.07) is 13.3. The zero-order chi connectivity index (χ0) is 18.8. The fourth-order valence-electron chi connectivity index (χ4n) is 2.41. The lowest BCUT2D eigenvalue weighted by molar-refractivity contribution is 0.0948. The number of hydrogen-bond donors (Lipinski definition) is 1. The average molecular weight is 372 g/mol. The first-order valence-corrected chi connectivity index (χ1v) is 9.67. The van der Waals surface area contributed by atoms with Crippen LogP contribution in [0, 0.1) is 0 Å². The molecule has 0 aliphatic rings. The van der Waals surface area contributed by atoms with Gasteiger partial charge in [-0.2, -0.15) is 0 Å². The van der Waals surface area contributed by atoms with Crippen molar-refractivity contribution in [2.75, 3.05) is 19.0 Å². The second-order valence-electron chi connectivity index (χ2n) is 5.43. The lowest BCUT2D eigenvalue weighted by Crippen LogP contribution is -2.23. The smallest absolute Gasteiger partial charge is 0.252 e. The molecule has 0 aliphatic heterocycles. The van der Waals surface area contributed by atoms with Crippen molar-refractivity contribution in [3.63, 3.8) is 0 Å². The van der Waals surface area contributed by atoms with Gasteiger partial charge in [-0.05, 0) is 43.7 Å². The van der Waals surface area contributed by atoms with Gasteiger partial charge >= 0.3 is 0 Å². The molecule has 2 aromatic carbocycles. The molecule has 0 radical (unpaired) electrons. The van der Waals surface area contributed by atoms with Gasteiger partial charge in [0.05, 0.1) is 18.8 Å². The molecule has 5 heteroatoms. The van der Waals surface area contributed by atoms with E-state index in [1.807, 2.05) is 62.4 Å². The van der Waals surface area contributed by atoms with Crippen molar-refractivity contribution in [2.24, 2.45) is 0 Å². The topological polar surface area (TPSA) is 47.6 Å². The van der Waals surface area contributed by atoms with E-state index in [1.54, 1.807) is 11.8 Å². The Balaban J connectivity index is 2.07. The van der Waals surface area contributed by atoms with Crippen LogP contribution in [0.4, 0.5) is 0 Å². The molecule has 2 aromatic rings. The lowest BCUT2D eigenvalue weighted by Gasteiger charge is -2.13. The molecular formula is C21H25NO3S. The highest BCUT2D eigenvalue weighted by Crippen LogP contribution is 2.28. The van der Waals surface area contributed by atoms with Crippen LogP contribution >= 0.6 is 11.8 Å². The molecule has 2 rings (SSSR count). The molecule has 0 atom stereocenters. The number of thioether (sulfide) groups is 1. The van der Waals surface area contributed by atoms with Crippen molar-refractivity contribution in [3.05, 3.63) is 66.2 Å². The van der Waals surface area contributed by atoms with Crippen LogP contribution in [-0.2, 0) is 6.54 Å². The Labute approximate surface area is 159 Å². The molecule has 0 aliphatic carbocycles. The standard InChI is InChI=1S/C21H25NO3S/c1-4-13-26-20-10-8-7-9-17(20)21(23)22-15-16-11-12-18(24-5-2)19(14-16)25-6-3/h4,7-12,14H,1,5-6,13,15H2,2-3H3,(H,22,23). The summed E-state index contributed by atoms with van der Waals surface area (Å²) < 4.78 is 11.2. The Kier molecular flexibility index (Phi) is 8.09. The van der Waals surface area contributed by atoms with Crippen LogP contribution in [0.25, 0.3) is 0 Å². The third-order valence-electron chi connectivity index (χ3n) is 3.55. The maximum atomic E-state index is 12.6. The number of hydrogen-bond acceptors (Lipinski definition) is 4. The van der Waals surface area contributed by atoms with E-state index in [0.717, 1.165) is 22.0 Å². The molecule has 0 saturated heterocycles. The Bertz CT molecular complexity index is 746. The van der Waals surface area contributed by atoms with Gasteiger partial charge < -0.3 is 14.8 Å². The SMILES string of the molecule is C=CCSc1ccccc1C(=O)NCc1ccc(OCC)c(OCC)c1. The quantitative estimate of drug-likeness (QED) is 0.486. The third-order valence-corrected chi connectivity index (χ3v) is 4.62. The molecule has 0 aromatic heterocycles. The number of nitrogens with one attached hydrogen (secondary N) is 1. The minimum absolute atomic E-state index is 0.0935. The van der Waals surface area contributed by atoms with Crippen molar-refractivity contribution in [1.82, 2.24) is 5.32 Å². The fraction of sp³-hybridized carbons (Fsp3) is 0.286. The number of carbonyl (C=O) groups excluding carboxylic acids is 1. The molecule has 0 bridgehead atoms. The zero-order valence-electron chi connectivity index (χ0n) is 15.3. The monoisotopic (exact) mass is 371 g/mol. The van der Waals surface area contributed by atoms with E-state index in [2.05, 4.69) is 11.9 Å². The van der Waals surface area contributed by atoms with Crippen molar-refractivity contribution in [2.45, 2.75) is 25.3 Å². The molecule has 0 heterocycles. The summed E-state index contributed by atoms with van der Waals surface area (Å²) >= 11 is 1.60. The van der Waals surface area contributed by atoms with E-state index in [0.29, 0.717) is 31.1 Å². The van der Waals surface area contributed by atoms with Crippen LogP contribution in [0.15, 0.2) is 60.0 Å². The number of amides is 1. The molecule has 1 N–H and O–H groups in total. The molecular weight excluding hydrogens is 346 g/mol. The minimum atomic E-state index is -0.0935. The van der Waals surface area contributed by atoms with Crippen LogP contribution in [0.2, 0.25) is 0 Å². The van der Waals surface area contributed by atoms with Gasteiger partial charge in [-0.1, -0.05) is 24.3 Å². The number of ether oxygens (including phenoxy) is 2. The Morgan fingerprint density at radius 1 is 1.12 bits per heavy atom. The zero-order valence-corrected chi connectivity index (χ0v) is 16.1. The minimum Gasteiger partial charge on any atom is -0.490 e. The summed E-state index contributed by atoms with van der Waals surface area (Å²) in [6.07, 6.45) is 1.83. The fourth-order valence-corrected chi connectivity index (χ4v) is 3.20. The van der Waals surface area contributed by atoms with Crippen molar-refractivity contribution < 1.29 is 14.3 Å². The van der Waals surface area contributed by atoms with Crippen LogP contribution in [0.5, 0.6) is 11.5 Å². The summed E-state index contributed by atoms with van der Waals surface area (Å²) in [5.41, 5.74) is 1.64. The second kappa shape index (κ2) is 10.6. The summed E-state index contributed by atoms with van der Waals surface area (Å²) in [6.45, 7) is 9.16. The second-order valence-corrected chi connectivity index (χ2v) is 6.49. The Morgan fingerprint density at radius 2 is 1.85 bits per heavy atom. The number of benzene rings is 2. The molecule has 4 nitrogen and oxygen atoms in total. The highest BCUT2D eigenvalue weighted by Gasteiger charge is 2.12. The van der Waals surface area contributed by atoms with Gasteiger partial charge in [-0.3, -0.25) is 4.79 Å². The molecule has 0 fully saturated rings. The normalized spacial score (nSPS) is 10.2. The predicted molar refractivity (Wildman–Crippen MR) is 107 cm³/mol. The van der Waals surface area contributed by atoms with E-state index >= 15 is 0 Å². The maximum absolute atomic E-state index is 12.6. The Hall–Kier alpha value is -2.40. The van der Waals surface area contributed by atoms with Crippen LogP contribution in [0.1, 0.15) is 29.8 Å². The van der Waals surface area contributed by atoms with Crippen molar-refractivity contribution >= 4 is 17.7 Å². The van der Waals surface area contributed by atoms with Gasteiger partial charge in [0, 0.05) is 17.2 Å². The molecule has 0 spiro atoms. The first-order chi connectivity index (χ1) is 12.7. The molecule has 0 unspecified atom stereocenters. The van der Waals surface area contributed by atoms with E-state index in [1.165, 1.54) is 0 Å². The van der Waals surface area contributed by atoms with Gasteiger partial charge in [-0.15, -0.1) is 18.3 Å². The first-order valence-electron chi connectivity index (χ1n) is 8.69. The van der Waals surface area contributed by atoms with Crippen LogP contribution < -0.4 is 14.8 Å². The van der Waals surface area contributed by atoms with Crippen molar-refractivity contribution in [1.29, 1.82) is 0 Å². The number of rotatable bonds is 10.